The number of hydrogen-bond donors (Lipinski definition) is 2. The zero-order chi connectivity index (χ0) is 21.4. The molecule has 1 atom stereocenters. The van der Waals surface area contributed by atoms with Gasteiger partial charge in [0.25, 0.3) is 0 Å². The van der Waals surface area contributed by atoms with Gasteiger partial charge in [-0.2, -0.15) is 13.9 Å². The van der Waals surface area contributed by atoms with E-state index < -0.39 is 6.61 Å². The minimum atomic E-state index is -2.90. The Hall–Kier alpha value is -2.15. The van der Waals surface area contributed by atoms with Gasteiger partial charge in [-0.1, -0.05) is 0 Å². The molecule has 0 bridgehead atoms. The minimum absolute atomic E-state index is 0. The van der Waals surface area contributed by atoms with Crippen LogP contribution < -0.4 is 20.1 Å². The molecule has 0 radical (unpaired) electrons. The molecule has 8 nitrogen and oxygen atoms in total. The monoisotopic (exact) mass is 538 g/mol. The summed E-state index contributed by atoms with van der Waals surface area (Å²) >= 11 is 0. The SMILES string of the molecule is CN=C(NCc1cc(OC)ccc1OC(F)F)NCC(c1cnn(C)c1)N(C)C.I. The number of aliphatic imine (C=N–C) groups is 1. The molecule has 0 fully saturated rings. The van der Waals surface area contributed by atoms with Crippen molar-refractivity contribution in [2.24, 2.45) is 12.0 Å². The first-order valence-electron chi connectivity index (χ1n) is 9.05. The lowest BCUT2D eigenvalue weighted by Crippen LogP contribution is -2.41. The molecule has 0 saturated heterocycles. The first kappa shape index (κ1) is 25.9. The number of halogens is 3. The van der Waals surface area contributed by atoms with E-state index in [-0.39, 0.29) is 42.3 Å². The van der Waals surface area contributed by atoms with E-state index in [4.69, 9.17) is 4.74 Å². The van der Waals surface area contributed by atoms with E-state index >= 15 is 0 Å². The van der Waals surface area contributed by atoms with Crippen LogP contribution in [0.15, 0.2) is 35.6 Å². The fourth-order valence-electron chi connectivity index (χ4n) is 2.84. The predicted molar refractivity (Wildman–Crippen MR) is 123 cm³/mol. The standard InChI is InChI=1S/C19H28F2N6O2.HI/c1-22-19(24-11-16(26(2)3)14-10-25-27(4)12-14)23-9-13-8-15(28-5)6-7-17(13)29-18(20)21;/h6-8,10,12,16,18H,9,11H2,1-5H3,(H2,22,23,24);1H. The maximum absolute atomic E-state index is 12.7. The fraction of sp³-hybridized carbons (Fsp3) is 0.474. The molecule has 1 heterocycles. The Morgan fingerprint density at radius 3 is 2.57 bits per heavy atom. The van der Waals surface area contributed by atoms with Gasteiger partial charge in [0, 0.05) is 44.5 Å². The Morgan fingerprint density at radius 2 is 2.03 bits per heavy atom. The summed E-state index contributed by atoms with van der Waals surface area (Å²) in [7, 11) is 9.00. The van der Waals surface area contributed by atoms with Crippen molar-refractivity contribution in [3.8, 4) is 11.5 Å². The summed E-state index contributed by atoms with van der Waals surface area (Å²) in [5.74, 6) is 1.17. The van der Waals surface area contributed by atoms with Crippen molar-refractivity contribution in [3.05, 3.63) is 41.7 Å². The van der Waals surface area contributed by atoms with Crippen LogP contribution >= 0.6 is 24.0 Å². The van der Waals surface area contributed by atoms with Gasteiger partial charge in [-0.3, -0.25) is 9.67 Å². The average Bonchev–Trinajstić information content (AvgIpc) is 3.10. The normalized spacial score (nSPS) is 12.5. The van der Waals surface area contributed by atoms with Crippen LogP contribution in [0.25, 0.3) is 0 Å². The van der Waals surface area contributed by atoms with E-state index in [1.165, 1.54) is 13.2 Å². The summed E-state index contributed by atoms with van der Waals surface area (Å²) in [4.78, 5) is 6.28. The molecular weight excluding hydrogens is 509 g/mol. The Kier molecular flexibility index (Phi) is 10.8. The zero-order valence-electron chi connectivity index (χ0n) is 17.7. The highest BCUT2D eigenvalue weighted by Crippen LogP contribution is 2.25. The lowest BCUT2D eigenvalue weighted by atomic mass is 10.1. The number of alkyl halides is 2. The second kappa shape index (κ2) is 12.5. The van der Waals surface area contributed by atoms with Crippen LogP contribution in [0, 0.1) is 0 Å². The van der Waals surface area contributed by atoms with Crippen LogP contribution in [-0.4, -0.2) is 62.0 Å². The molecular formula is C19H29F2IN6O2. The van der Waals surface area contributed by atoms with Gasteiger partial charge in [-0.05, 0) is 32.3 Å². The number of likely N-dealkylation sites (N-methyl/N-ethyl adjacent to an activating group) is 1. The molecule has 1 aromatic carbocycles. The van der Waals surface area contributed by atoms with E-state index in [2.05, 4.69) is 30.4 Å². The van der Waals surface area contributed by atoms with E-state index in [1.54, 1.807) is 23.9 Å². The molecule has 168 valence electrons. The number of nitrogens with one attached hydrogen (secondary N) is 2. The van der Waals surface area contributed by atoms with E-state index in [1.807, 2.05) is 33.5 Å². The molecule has 0 amide bonds. The third-order valence-electron chi connectivity index (χ3n) is 4.35. The first-order chi connectivity index (χ1) is 13.8. The van der Waals surface area contributed by atoms with E-state index in [9.17, 15) is 8.78 Å². The Balaban J connectivity index is 0.00000450. The maximum atomic E-state index is 12.7. The second-order valence-electron chi connectivity index (χ2n) is 6.59. The summed E-state index contributed by atoms with van der Waals surface area (Å²) in [5.41, 5.74) is 1.60. The van der Waals surface area contributed by atoms with Crippen molar-refractivity contribution in [1.29, 1.82) is 0 Å². The summed E-state index contributed by atoms with van der Waals surface area (Å²) in [6, 6.07) is 4.76. The van der Waals surface area contributed by atoms with E-state index in [0.717, 1.165) is 5.56 Å². The Labute approximate surface area is 192 Å². The third-order valence-corrected chi connectivity index (χ3v) is 4.35. The molecule has 30 heavy (non-hydrogen) atoms. The molecule has 1 aromatic heterocycles. The highest BCUT2D eigenvalue weighted by atomic mass is 127. The van der Waals surface area contributed by atoms with Crippen molar-refractivity contribution in [2.45, 2.75) is 19.2 Å². The number of nitrogens with zero attached hydrogens (tertiary/aromatic N) is 4. The number of rotatable bonds is 9. The van der Waals surface area contributed by atoms with Crippen molar-refractivity contribution in [2.75, 3.05) is 34.8 Å². The van der Waals surface area contributed by atoms with Gasteiger partial charge >= 0.3 is 6.61 Å². The lowest BCUT2D eigenvalue weighted by molar-refractivity contribution is -0.0504. The van der Waals surface area contributed by atoms with E-state index in [0.29, 0.717) is 23.8 Å². The van der Waals surface area contributed by atoms with Gasteiger partial charge < -0.3 is 25.0 Å². The quantitative estimate of drug-likeness (QED) is 0.291. The van der Waals surface area contributed by atoms with Crippen LogP contribution in [0.3, 0.4) is 0 Å². The number of aryl methyl sites for hydroxylation is 1. The molecule has 0 aliphatic rings. The fourth-order valence-corrected chi connectivity index (χ4v) is 2.84. The van der Waals surface area contributed by atoms with Crippen molar-refractivity contribution in [3.63, 3.8) is 0 Å². The predicted octanol–water partition coefficient (Wildman–Crippen LogP) is 2.62. The number of guanidine groups is 1. The lowest BCUT2D eigenvalue weighted by Gasteiger charge is -2.24. The number of methoxy groups -OCH3 is 1. The first-order valence-corrected chi connectivity index (χ1v) is 9.05. The molecule has 0 aliphatic heterocycles. The molecule has 11 heteroatoms. The van der Waals surface area contributed by atoms with Crippen LogP contribution in [0.2, 0.25) is 0 Å². The van der Waals surface area contributed by atoms with Crippen molar-refractivity contribution >= 4 is 29.9 Å². The third kappa shape index (κ3) is 7.59. The highest BCUT2D eigenvalue weighted by Gasteiger charge is 2.17. The molecule has 0 spiro atoms. The molecule has 2 rings (SSSR count). The van der Waals surface area contributed by atoms with Crippen molar-refractivity contribution in [1.82, 2.24) is 25.3 Å². The van der Waals surface area contributed by atoms with Gasteiger partial charge in [0.05, 0.1) is 19.3 Å². The van der Waals surface area contributed by atoms with Crippen LogP contribution in [0.1, 0.15) is 17.2 Å². The zero-order valence-corrected chi connectivity index (χ0v) is 20.1. The Bertz CT molecular complexity index is 816. The van der Waals surface area contributed by atoms with Gasteiger partial charge in [0.1, 0.15) is 11.5 Å². The average molecular weight is 538 g/mol. The largest absolute Gasteiger partial charge is 0.497 e. The minimum Gasteiger partial charge on any atom is -0.497 e. The number of ether oxygens (including phenoxy) is 2. The van der Waals surface area contributed by atoms with Crippen LogP contribution in [-0.2, 0) is 13.6 Å². The molecule has 2 N–H and O–H groups in total. The van der Waals surface area contributed by atoms with Crippen molar-refractivity contribution < 1.29 is 18.3 Å². The van der Waals surface area contributed by atoms with Gasteiger partial charge in [-0.25, -0.2) is 0 Å². The summed E-state index contributed by atoms with van der Waals surface area (Å²) < 4.78 is 36.9. The summed E-state index contributed by atoms with van der Waals surface area (Å²) in [5, 5.41) is 10.6. The van der Waals surface area contributed by atoms with Crippen LogP contribution in [0.5, 0.6) is 11.5 Å². The Morgan fingerprint density at radius 1 is 1.30 bits per heavy atom. The summed E-state index contributed by atoms with van der Waals surface area (Å²) in [6.45, 7) is -2.09. The molecule has 1 unspecified atom stereocenters. The molecule has 0 aliphatic carbocycles. The van der Waals surface area contributed by atoms with Gasteiger partial charge in [0.15, 0.2) is 5.96 Å². The summed E-state index contributed by atoms with van der Waals surface area (Å²) in [6.07, 6.45) is 3.79. The topological polar surface area (TPSA) is 75.9 Å². The maximum Gasteiger partial charge on any atom is 0.387 e. The molecule has 2 aromatic rings. The second-order valence-corrected chi connectivity index (χ2v) is 6.59. The van der Waals surface area contributed by atoms with Gasteiger partial charge in [-0.15, -0.1) is 24.0 Å². The smallest absolute Gasteiger partial charge is 0.387 e. The van der Waals surface area contributed by atoms with Gasteiger partial charge in [0.2, 0.25) is 0 Å². The number of aromatic nitrogens is 2. The molecule has 0 saturated carbocycles. The number of benzene rings is 1. The highest BCUT2D eigenvalue weighted by molar-refractivity contribution is 14.0. The van der Waals surface area contributed by atoms with Crippen LogP contribution in [0.4, 0.5) is 8.78 Å². The number of hydrogen-bond acceptors (Lipinski definition) is 5.